The number of ether oxygens (including phenoxy) is 1. The second-order valence-corrected chi connectivity index (χ2v) is 11.9. The van der Waals surface area contributed by atoms with Crippen molar-refractivity contribution < 1.29 is 9.84 Å². The first-order valence-corrected chi connectivity index (χ1v) is 12.9. The predicted molar refractivity (Wildman–Crippen MR) is 121 cm³/mol. The second-order valence-electron chi connectivity index (χ2n) is 11.0. The number of aromatic nitrogens is 2. The number of nitrogens with zero attached hydrogens (tertiary/aromatic N) is 2. The summed E-state index contributed by atoms with van der Waals surface area (Å²) in [5, 5.41) is 12.9. The van der Waals surface area contributed by atoms with Crippen LogP contribution in [0.4, 0.5) is 0 Å². The number of rotatable bonds is 4. The van der Waals surface area contributed by atoms with Crippen LogP contribution in [0.5, 0.6) is 0 Å². The molecule has 4 aliphatic carbocycles. The van der Waals surface area contributed by atoms with E-state index < -0.39 is 5.60 Å². The van der Waals surface area contributed by atoms with Crippen molar-refractivity contribution in [2.24, 2.45) is 35.6 Å². The largest absolute Gasteiger partial charge is 0.388 e. The summed E-state index contributed by atoms with van der Waals surface area (Å²) in [6.45, 7) is 4.96. The van der Waals surface area contributed by atoms with E-state index in [9.17, 15) is 5.11 Å². The molecule has 166 valence electrons. The van der Waals surface area contributed by atoms with Gasteiger partial charge in [-0.1, -0.05) is 37.3 Å². The lowest BCUT2D eigenvalue weighted by Crippen LogP contribution is -2.55. The molecular formula is C25H38N2O2S. The summed E-state index contributed by atoms with van der Waals surface area (Å²) in [5.41, 5.74) is 1.48. The molecule has 1 aromatic rings. The number of imidazole rings is 1. The van der Waals surface area contributed by atoms with Crippen molar-refractivity contribution in [2.45, 2.75) is 82.1 Å². The first-order chi connectivity index (χ1) is 14.3. The van der Waals surface area contributed by atoms with Gasteiger partial charge in [0.05, 0.1) is 11.7 Å². The summed E-state index contributed by atoms with van der Waals surface area (Å²) in [5.74, 6) is 2.96. The normalized spacial score (nSPS) is 45.4. The van der Waals surface area contributed by atoms with E-state index in [0.29, 0.717) is 17.4 Å². The van der Waals surface area contributed by atoms with Crippen molar-refractivity contribution in [1.82, 2.24) is 9.55 Å². The second kappa shape index (κ2) is 7.38. The van der Waals surface area contributed by atoms with E-state index in [2.05, 4.69) is 29.5 Å². The van der Waals surface area contributed by atoms with E-state index in [-0.39, 0.29) is 5.41 Å². The number of hydrogen-bond acceptors (Lipinski definition) is 4. The molecule has 1 aromatic heterocycles. The van der Waals surface area contributed by atoms with Crippen LogP contribution in [0.15, 0.2) is 29.2 Å². The molecule has 0 amide bonds. The van der Waals surface area contributed by atoms with E-state index in [4.69, 9.17) is 4.74 Å². The molecular weight excluding hydrogens is 392 g/mol. The average Bonchev–Trinajstić information content (AvgIpc) is 3.26. The molecule has 0 unspecified atom stereocenters. The zero-order valence-electron chi connectivity index (χ0n) is 19.1. The van der Waals surface area contributed by atoms with E-state index in [0.717, 1.165) is 42.0 Å². The zero-order valence-corrected chi connectivity index (χ0v) is 19.9. The third-order valence-corrected chi connectivity index (χ3v) is 11.2. The quantitative estimate of drug-likeness (QED) is 0.525. The summed E-state index contributed by atoms with van der Waals surface area (Å²) >= 11 is 1.73. The maximum Gasteiger partial charge on any atom is 0.167 e. The van der Waals surface area contributed by atoms with Gasteiger partial charge in [0.25, 0.3) is 0 Å². The molecule has 0 radical (unpaired) electrons. The Kier molecular flexibility index (Phi) is 5.19. The topological polar surface area (TPSA) is 47.3 Å². The van der Waals surface area contributed by atoms with Crippen LogP contribution in [0.2, 0.25) is 0 Å². The highest BCUT2D eigenvalue weighted by Crippen LogP contribution is 2.68. The third-order valence-electron chi connectivity index (χ3n) is 9.91. The van der Waals surface area contributed by atoms with Gasteiger partial charge in [0.1, 0.15) is 0 Å². The smallest absolute Gasteiger partial charge is 0.167 e. The van der Waals surface area contributed by atoms with Crippen LogP contribution >= 0.6 is 11.8 Å². The van der Waals surface area contributed by atoms with Gasteiger partial charge in [-0.3, -0.25) is 0 Å². The fourth-order valence-corrected chi connectivity index (χ4v) is 9.15. The van der Waals surface area contributed by atoms with Gasteiger partial charge in [-0.05, 0) is 74.5 Å². The molecule has 5 heteroatoms. The molecule has 0 spiro atoms. The molecule has 0 bridgehead atoms. The monoisotopic (exact) mass is 430 g/mol. The lowest BCUT2D eigenvalue weighted by atomic mass is 9.46. The Morgan fingerprint density at radius 2 is 1.97 bits per heavy atom. The van der Waals surface area contributed by atoms with Crippen molar-refractivity contribution in [2.75, 3.05) is 12.9 Å². The van der Waals surface area contributed by atoms with Crippen molar-refractivity contribution >= 4 is 11.8 Å². The van der Waals surface area contributed by atoms with Gasteiger partial charge in [-0.2, -0.15) is 0 Å². The first-order valence-electron chi connectivity index (χ1n) is 11.9. The maximum atomic E-state index is 11.9. The van der Waals surface area contributed by atoms with Crippen molar-refractivity contribution in [3.05, 3.63) is 24.0 Å². The van der Waals surface area contributed by atoms with Gasteiger partial charge in [-0.15, -0.1) is 0 Å². The number of hydrogen-bond donors (Lipinski definition) is 1. The Hall–Kier alpha value is -0.780. The van der Waals surface area contributed by atoms with E-state index >= 15 is 0 Å². The fraction of sp³-hybridized carbons (Fsp3) is 0.800. The Bertz CT molecular complexity index is 837. The minimum atomic E-state index is -0.579. The first kappa shape index (κ1) is 21.1. The molecule has 5 rings (SSSR count). The van der Waals surface area contributed by atoms with Gasteiger partial charge >= 0.3 is 0 Å². The van der Waals surface area contributed by atoms with Crippen LogP contribution in [0, 0.1) is 28.6 Å². The van der Waals surface area contributed by atoms with E-state index in [1.165, 1.54) is 32.1 Å². The van der Waals surface area contributed by atoms with Crippen LogP contribution in [-0.4, -0.2) is 39.2 Å². The Balaban J connectivity index is 1.37. The molecule has 0 aromatic carbocycles. The lowest BCUT2D eigenvalue weighted by Gasteiger charge is -2.59. The summed E-state index contributed by atoms with van der Waals surface area (Å²) < 4.78 is 7.74. The minimum absolute atomic E-state index is 0.0354. The van der Waals surface area contributed by atoms with Gasteiger partial charge in [0, 0.05) is 37.7 Å². The van der Waals surface area contributed by atoms with Crippen molar-refractivity contribution in [1.29, 1.82) is 0 Å². The SMILES string of the molecule is CO[C@H]1C=C2CC[C@@H]3[C@H](CC[C@@]4(C)[C@H]3CC[C@@]4(O)CSc3nccn3C)[C@@]2(C)CC1. The average molecular weight is 431 g/mol. The molecule has 1 heterocycles. The van der Waals surface area contributed by atoms with Crippen LogP contribution in [0.3, 0.4) is 0 Å². The van der Waals surface area contributed by atoms with E-state index in [1.807, 2.05) is 26.6 Å². The summed E-state index contributed by atoms with van der Waals surface area (Å²) in [6, 6.07) is 0. The molecule has 0 saturated heterocycles. The van der Waals surface area contributed by atoms with Gasteiger partial charge in [-0.25, -0.2) is 4.98 Å². The van der Waals surface area contributed by atoms with Gasteiger partial charge in [0.2, 0.25) is 0 Å². The number of allylic oxidation sites excluding steroid dienone is 1. The molecule has 4 aliphatic rings. The van der Waals surface area contributed by atoms with Crippen molar-refractivity contribution in [3.8, 4) is 0 Å². The van der Waals surface area contributed by atoms with Crippen molar-refractivity contribution in [3.63, 3.8) is 0 Å². The Labute approximate surface area is 185 Å². The van der Waals surface area contributed by atoms with Gasteiger partial charge < -0.3 is 14.4 Å². The Morgan fingerprint density at radius 3 is 2.70 bits per heavy atom. The number of fused-ring (bicyclic) bond motifs is 5. The summed E-state index contributed by atoms with van der Waals surface area (Å²) in [4.78, 5) is 4.47. The lowest BCUT2D eigenvalue weighted by molar-refractivity contribution is -0.116. The highest BCUT2D eigenvalue weighted by molar-refractivity contribution is 7.99. The summed E-state index contributed by atoms with van der Waals surface area (Å²) in [6.07, 6.45) is 16.1. The number of aryl methyl sites for hydroxylation is 1. The molecule has 3 fully saturated rings. The van der Waals surface area contributed by atoms with Gasteiger partial charge in [0.15, 0.2) is 5.16 Å². The Morgan fingerprint density at radius 1 is 1.17 bits per heavy atom. The zero-order chi connectivity index (χ0) is 21.1. The van der Waals surface area contributed by atoms with E-state index in [1.54, 1.807) is 17.3 Å². The highest BCUT2D eigenvalue weighted by atomic mass is 32.2. The maximum absolute atomic E-state index is 11.9. The van der Waals surface area contributed by atoms with Crippen LogP contribution in [-0.2, 0) is 11.8 Å². The minimum Gasteiger partial charge on any atom is -0.388 e. The van der Waals surface area contributed by atoms with Crippen LogP contribution < -0.4 is 0 Å². The number of aliphatic hydroxyl groups is 1. The fourth-order valence-electron chi connectivity index (χ4n) is 7.90. The molecule has 1 N–H and O–H groups in total. The molecule has 7 atom stereocenters. The number of methoxy groups -OCH3 is 1. The molecule has 3 saturated carbocycles. The molecule has 0 aliphatic heterocycles. The predicted octanol–water partition coefficient (Wildman–Crippen LogP) is 5.22. The molecule has 30 heavy (non-hydrogen) atoms. The molecule has 4 nitrogen and oxygen atoms in total. The van der Waals surface area contributed by atoms with Crippen LogP contribution in [0.1, 0.15) is 65.2 Å². The highest BCUT2D eigenvalue weighted by Gasteiger charge is 2.63. The third kappa shape index (κ3) is 2.98. The summed E-state index contributed by atoms with van der Waals surface area (Å²) in [7, 11) is 3.89. The van der Waals surface area contributed by atoms with Crippen LogP contribution in [0.25, 0.3) is 0 Å². The number of thioether (sulfide) groups is 1. The standard InChI is InChI=1S/C25H38N2O2S/c1-23-10-7-18(29-4)15-17(23)5-6-19-20(23)8-11-24(2)21(19)9-12-25(24,28)16-30-22-26-13-14-27(22)3/h13-15,18-21,28H,5-12,16H2,1-4H3/t18-,19-,20+,21+,23+,24+,25-/m1/s1.